The zero-order chi connectivity index (χ0) is 13.7. The molecule has 1 aliphatic heterocycles. The molecule has 1 heterocycles. The zero-order valence-corrected chi connectivity index (χ0v) is 11.9. The Morgan fingerprint density at radius 3 is 2.74 bits per heavy atom. The van der Waals surface area contributed by atoms with Gasteiger partial charge in [-0.1, -0.05) is 31.2 Å². The number of amides is 1. The number of nitrogens with zero attached hydrogens (tertiary/aromatic N) is 1. The summed E-state index contributed by atoms with van der Waals surface area (Å²) in [6.07, 6.45) is 2.76. The smallest absolute Gasteiger partial charge is 0.223 e. The number of rotatable bonds is 6. The molecule has 1 aromatic carbocycles. The Morgan fingerprint density at radius 2 is 2.05 bits per heavy atom. The van der Waals surface area contributed by atoms with Gasteiger partial charge < -0.3 is 9.64 Å². The topological polar surface area (TPSA) is 29.5 Å². The number of benzene rings is 1. The van der Waals surface area contributed by atoms with Gasteiger partial charge >= 0.3 is 0 Å². The number of carbonyl (C=O) groups is 1. The molecule has 3 heteroatoms. The minimum absolute atomic E-state index is 0.274. The summed E-state index contributed by atoms with van der Waals surface area (Å²) in [5.41, 5.74) is 2.81. The summed E-state index contributed by atoms with van der Waals surface area (Å²) in [6.45, 7) is 4.41. The maximum absolute atomic E-state index is 11.9. The summed E-state index contributed by atoms with van der Waals surface area (Å²) in [5, 5.41) is 0. The summed E-state index contributed by atoms with van der Waals surface area (Å²) in [7, 11) is 1.68. The van der Waals surface area contributed by atoms with Crippen molar-refractivity contribution in [3.63, 3.8) is 0 Å². The number of hydrogen-bond donors (Lipinski definition) is 0. The van der Waals surface area contributed by atoms with Crippen LogP contribution in [-0.4, -0.2) is 37.6 Å². The molecule has 2 rings (SSSR count). The van der Waals surface area contributed by atoms with Crippen molar-refractivity contribution < 1.29 is 9.53 Å². The molecular formula is C16H23NO2. The number of methoxy groups -OCH3 is 1. The van der Waals surface area contributed by atoms with E-state index < -0.39 is 0 Å². The SMILES string of the molecule is CCc1ccccc1CC1CC(=O)N(CCOC)C1. The summed E-state index contributed by atoms with van der Waals surface area (Å²) in [6, 6.07) is 8.57. The van der Waals surface area contributed by atoms with E-state index in [2.05, 4.69) is 31.2 Å². The highest BCUT2D eigenvalue weighted by atomic mass is 16.5. The van der Waals surface area contributed by atoms with Crippen LogP contribution in [0, 0.1) is 5.92 Å². The number of aryl methyl sites for hydroxylation is 1. The average Bonchev–Trinajstić information content (AvgIpc) is 2.77. The normalized spacial score (nSPS) is 19.2. The van der Waals surface area contributed by atoms with Crippen LogP contribution >= 0.6 is 0 Å². The third kappa shape index (κ3) is 3.57. The predicted molar refractivity (Wildman–Crippen MR) is 76.1 cm³/mol. The van der Waals surface area contributed by atoms with E-state index in [0.717, 1.165) is 25.9 Å². The molecule has 0 N–H and O–H groups in total. The summed E-state index contributed by atoms with van der Waals surface area (Å²) < 4.78 is 5.05. The number of likely N-dealkylation sites (tertiary alicyclic amines) is 1. The van der Waals surface area contributed by atoms with Crippen LogP contribution in [0.25, 0.3) is 0 Å². The first-order chi connectivity index (χ1) is 9.24. The summed E-state index contributed by atoms with van der Waals surface area (Å²) >= 11 is 0. The van der Waals surface area contributed by atoms with Gasteiger partial charge in [-0.15, -0.1) is 0 Å². The highest BCUT2D eigenvalue weighted by molar-refractivity contribution is 5.78. The third-order valence-corrected chi connectivity index (χ3v) is 3.87. The highest BCUT2D eigenvalue weighted by Crippen LogP contribution is 2.23. The lowest BCUT2D eigenvalue weighted by Crippen LogP contribution is -2.28. The number of ether oxygens (including phenoxy) is 1. The first kappa shape index (κ1) is 14.1. The van der Waals surface area contributed by atoms with E-state index in [-0.39, 0.29) is 5.91 Å². The Bertz CT molecular complexity index is 431. The molecule has 1 saturated heterocycles. The fraction of sp³-hybridized carbons (Fsp3) is 0.562. The van der Waals surface area contributed by atoms with Crippen molar-refractivity contribution in [3.8, 4) is 0 Å². The lowest BCUT2D eigenvalue weighted by molar-refractivity contribution is -0.128. The fourth-order valence-electron chi connectivity index (χ4n) is 2.82. The van der Waals surface area contributed by atoms with E-state index in [9.17, 15) is 4.79 Å². The van der Waals surface area contributed by atoms with Crippen molar-refractivity contribution >= 4 is 5.91 Å². The quantitative estimate of drug-likeness (QED) is 0.786. The Labute approximate surface area is 115 Å². The largest absolute Gasteiger partial charge is 0.383 e. The second-order valence-corrected chi connectivity index (χ2v) is 5.23. The van der Waals surface area contributed by atoms with E-state index >= 15 is 0 Å². The van der Waals surface area contributed by atoms with Gasteiger partial charge in [0.05, 0.1) is 6.61 Å². The second-order valence-electron chi connectivity index (χ2n) is 5.23. The molecule has 0 spiro atoms. The molecule has 3 nitrogen and oxygen atoms in total. The van der Waals surface area contributed by atoms with Gasteiger partial charge in [0.15, 0.2) is 0 Å². The fourth-order valence-corrected chi connectivity index (χ4v) is 2.82. The number of hydrogen-bond acceptors (Lipinski definition) is 2. The molecule has 0 saturated carbocycles. The van der Waals surface area contributed by atoms with Crippen molar-refractivity contribution in [3.05, 3.63) is 35.4 Å². The van der Waals surface area contributed by atoms with Gasteiger partial charge in [0.25, 0.3) is 0 Å². The Balaban J connectivity index is 1.95. The average molecular weight is 261 g/mol. The summed E-state index contributed by atoms with van der Waals surface area (Å²) in [4.78, 5) is 13.8. The lowest BCUT2D eigenvalue weighted by Gasteiger charge is -2.16. The maximum Gasteiger partial charge on any atom is 0.223 e. The molecule has 1 fully saturated rings. The van der Waals surface area contributed by atoms with E-state index in [4.69, 9.17) is 4.74 Å². The molecule has 104 valence electrons. The Morgan fingerprint density at radius 1 is 1.32 bits per heavy atom. The van der Waals surface area contributed by atoms with Gasteiger partial charge in [0.1, 0.15) is 0 Å². The molecule has 0 aliphatic carbocycles. The van der Waals surface area contributed by atoms with Crippen LogP contribution in [0.5, 0.6) is 0 Å². The van der Waals surface area contributed by atoms with Gasteiger partial charge in [-0.2, -0.15) is 0 Å². The number of carbonyl (C=O) groups excluding carboxylic acids is 1. The molecule has 1 unspecified atom stereocenters. The standard InChI is InChI=1S/C16H23NO2/c1-3-14-6-4-5-7-15(14)10-13-11-16(18)17(12-13)8-9-19-2/h4-7,13H,3,8-12H2,1-2H3. The minimum atomic E-state index is 0.274. The van der Waals surface area contributed by atoms with E-state index in [1.54, 1.807) is 7.11 Å². The van der Waals surface area contributed by atoms with Crippen LogP contribution in [0.3, 0.4) is 0 Å². The predicted octanol–water partition coefficient (Wildman–Crippen LogP) is 2.29. The Kier molecular flexibility index (Phi) is 4.97. The van der Waals surface area contributed by atoms with Crippen LogP contribution in [0.2, 0.25) is 0 Å². The molecule has 1 aliphatic rings. The third-order valence-electron chi connectivity index (χ3n) is 3.87. The molecule has 19 heavy (non-hydrogen) atoms. The maximum atomic E-state index is 11.9. The van der Waals surface area contributed by atoms with Gasteiger partial charge in [0.2, 0.25) is 5.91 Å². The minimum Gasteiger partial charge on any atom is -0.383 e. The zero-order valence-electron chi connectivity index (χ0n) is 11.9. The van der Waals surface area contributed by atoms with Crippen molar-refractivity contribution in [2.24, 2.45) is 5.92 Å². The van der Waals surface area contributed by atoms with Gasteiger partial charge in [-0.05, 0) is 29.9 Å². The van der Waals surface area contributed by atoms with E-state index in [0.29, 0.717) is 18.9 Å². The molecule has 0 bridgehead atoms. The first-order valence-corrected chi connectivity index (χ1v) is 7.08. The van der Waals surface area contributed by atoms with E-state index in [1.807, 2.05) is 4.90 Å². The highest BCUT2D eigenvalue weighted by Gasteiger charge is 2.29. The molecule has 1 atom stereocenters. The Hall–Kier alpha value is -1.35. The lowest BCUT2D eigenvalue weighted by atomic mass is 9.94. The molecule has 0 radical (unpaired) electrons. The van der Waals surface area contributed by atoms with Gasteiger partial charge in [-0.25, -0.2) is 0 Å². The monoisotopic (exact) mass is 261 g/mol. The molecule has 0 aromatic heterocycles. The van der Waals surface area contributed by atoms with Gasteiger partial charge in [0, 0.05) is 26.6 Å². The second kappa shape index (κ2) is 6.71. The molecule has 1 aromatic rings. The van der Waals surface area contributed by atoms with Crippen molar-refractivity contribution in [1.29, 1.82) is 0 Å². The van der Waals surface area contributed by atoms with Crippen LogP contribution in [0.15, 0.2) is 24.3 Å². The van der Waals surface area contributed by atoms with Gasteiger partial charge in [-0.3, -0.25) is 4.79 Å². The van der Waals surface area contributed by atoms with Crippen molar-refractivity contribution in [1.82, 2.24) is 4.90 Å². The van der Waals surface area contributed by atoms with Crippen LogP contribution in [-0.2, 0) is 22.4 Å². The van der Waals surface area contributed by atoms with Crippen LogP contribution < -0.4 is 0 Å². The molecular weight excluding hydrogens is 238 g/mol. The van der Waals surface area contributed by atoms with Crippen molar-refractivity contribution in [2.75, 3.05) is 26.8 Å². The summed E-state index contributed by atoms with van der Waals surface area (Å²) in [5.74, 6) is 0.730. The van der Waals surface area contributed by atoms with Crippen LogP contribution in [0.4, 0.5) is 0 Å². The van der Waals surface area contributed by atoms with Crippen LogP contribution in [0.1, 0.15) is 24.5 Å². The van der Waals surface area contributed by atoms with Crippen molar-refractivity contribution in [2.45, 2.75) is 26.2 Å². The van der Waals surface area contributed by atoms with E-state index in [1.165, 1.54) is 11.1 Å². The first-order valence-electron chi connectivity index (χ1n) is 7.08. The molecule has 1 amide bonds.